The number of aryl methyl sites for hydroxylation is 1. The summed E-state index contributed by atoms with van der Waals surface area (Å²) in [5.74, 6) is 0.213. The SMILES string of the molecule is O=C(NCCCN1CCC2(CCc3ccccc32)CC1)C1(c2ccc(Cl)cc2)CCCCC1. The van der Waals surface area contributed by atoms with Gasteiger partial charge in [-0.25, -0.2) is 0 Å². The fourth-order valence-corrected chi connectivity index (χ4v) is 6.86. The molecule has 2 fully saturated rings. The number of hydrogen-bond donors (Lipinski definition) is 1. The standard InChI is InChI=1S/C29H37ClN2O/c30-25-11-9-24(10-12-25)29(14-4-1-5-15-29)27(33)31-19-6-20-32-21-17-28(18-22-32)16-13-23-7-2-3-8-26(23)28/h2-3,7-12H,1,4-6,13-22H2,(H,31,33). The van der Waals surface area contributed by atoms with Crippen LogP contribution in [0, 0.1) is 0 Å². The van der Waals surface area contributed by atoms with E-state index >= 15 is 0 Å². The number of nitrogens with zero attached hydrogens (tertiary/aromatic N) is 1. The van der Waals surface area contributed by atoms with Crippen molar-refractivity contribution in [1.29, 1.82) is 0 Å². The normalized spacial score (nSPS) is 21.6. The molecule has 1 aliphatic heterocycles. The summed E-state index contributed by atoms with van der Waals surface area (Å²) in [6.07, 6.45) is 11.5. The molecule has 2 aromatic rings. The topological polar surface area (TPSA) is 32.3 Å². The van der Waals surface area contributed by atoms with Crippen molar-refractivity contribution >= 4 is 17.5 Å². The predicted octanol–water partition coefficient (Wildman–Crippen LogP) is 6.03. The fraction of sp³-hybridized carbons (Fsp3) is 0.552. The van der Waals surface area contributed by atoms with Crippen LogP contribution in [0.3, 0.4) is 0 Å². The number of fused-ring (bicyclic) bond motifs is 2. The highest BCUT2D eigenvalue weighted by Gasteiger charge is 2.42. The van der Waals surface area contributed by atoms with Crippen LogP contribution >= 0.6 is 11.6 Å². The Morgan fingerprint density at radius 1 is 0.909 bits per heavy atom. The molecule has 1 amide bonds. The molecule has 4 heteroatoms. The summed E-state index contributed by atoms with van der Waals surface area (Å²) < 4.78 is 0. The van der Waals surface area contributed by atoms with Crippen LogP contribution in [0.4, 0.5) is 0 Å². The summed E-state index contributed by atoms with van der Waals surface area (Å²) in [5, 5.41) is 4.04. The Kier molecular flexibility index (Phi) is 6.81. The second-order valence-corrected chi connectivity index (χ2v) is 11.0. The van der Waals surface area contributed by atoms with Crippen LogP contribution in [0.25, 0.3) is 0 Å². The molecule has 33 heavy (non-hydrogen) atoms. The highest BCUT2D eigenvalue weighted by Crippen LogP contribution is 2.46. The van der Waals surface area contributed by atoms with Crippen LogP contribution in [0.2, 0.25) is 5.02 Å². The Balaban J connectivity index is 1.12. The number of carbonyl (C=O) groups is 1. The zero-order chi connectivity index (χ0) is 22.7. The van der Waals surface area contributed by atoms with E-state index in [1.165, 1.54) is 45.2 Å². The van der Waals surface area contributed by atoms with Crippen molar-refractivity contribution in [3.05, 3.63) is 70.2 Å². The Morgan fingerprint density at radius 2 is 1.64 bits per heavy atom. The Bertz CT molecular complexity index is 956. The molecule has 1 heterocycles. The molecule has 1 N–H and O–H groups in total. The first-order chi connectivity index (χ1) is 16.1. The smallest absolute Gasteiger partial charge is 0.230 e. The van der Waals surface area contributed by atoms with Crippen molar-refractivity contribution < 1.29 is 4.79 Å². The monoisotopic (exact) mass is 464 g/mol. The number of amides is 1. The molecule has 5 rings (SSSR count). The number of piperidine rings is 1. The zero-order valence-electron chi connectivity index (χ0n) is 19.8. The number of halogens is 1. The summed E-state index contributed by atoms with van der Waals surface area (Å²) in [5.41, 5.74) is 4.37. The minimum Gasteiger partial charge on any atom is -0.355 e. The van der Waals surface area contributed by atoms with Gasteiger partial charge in [-0.15, -0.1) is 0 Å². The van der Waals surface area contributed by atoms with Crippen LogP contribution in [0.15, 0.2) is 48.5 Å². The van der Waals surface area contributed by atoms with E-state index in [4.69, 9.17) is 11.6 Å². The van der Waals surface area contributed by atoms with E-state index in [2.05, 4.69) is 46.6 Å². The highest BCUT2D eigenvalue weighted by molar-refractivity contribution is 6.30. The number of likely N-dealkylation sites (tertiary alicyclic amines) is 1. The van der Waals surface area contributed by atoms with Crippen LogP contribution in [0.5, 0.6) is 0 Å². The van der Waals surface area contributed by atoms with Crippen molar-refractivity contribution in [2.45, 2.75) is 75.0 Å². The van der Waals surface area contributed by atoms with E-state index in [1.807, 2.05) is 12.1 Å². The van der Waals surface area contributed by atoms with Gasteiger partial charge in [-0.2, -0.15) is 0 Å². The second-order valence-electron chi connectivity index (χ2n) is 10.5. The van der Waals surface area contributed by atoms with Crippen molar-refractivity contribution in [2.24, 2.45) is 0 Å². The number of hydrogen-bond acceptors (Lipinski definition) is 2. The number of rotatable bonds is 6. The van der Waals surface area contributed by atoms with E-state index in [-0.39, 0.29) is 11.3 Å². The van der Waals surface area contributed by atoms with Gasteiger partial charge < -0.3 is 10.2 Å². The molecule has 0 bridgehead atoms. The third-order valence-corrected chi connectivity index (χ3v) is 9.00. The number of nitrogens with one attached hydrogen (secondary N) is 1. The Labute approximate surface area is 203 Å². The van der Waals surface area contributed by atoms with Crippen molar-refractivity contribution in [3.63, 3.8) is 0 Å². The zero-order valence-corrected chi connectivity index (χ0v) is 20.5. The molecule has 0 unspecified atom stereocenters. The average molecular weight is 465 g/mol. The lowest BCUT2D eigenvalue weighted by atomic mass is 9.68. The van der Waals surface area contributed by atoms with Gasteiger partial charge in [0.15, 0.2) is 0 Å². The lowest BCUT2D eigenvalue weighted by molar-refractivity contribution is -0.128. The molecule has 1 spiro atoms. The minimum absolute atomic E-state index is 0.213. The van der Waals surface area contributed by atoms with Crippen LogP contribution < -0.4 is 5.32 Å². The first kappa shape index (κ1) is 22.9. The third-order valence-electron chi connectivity index (χ3n) is 8.75. The van der Waals surface area contributed by atoms with Crippen molar-refractivity contribution in [2.75, 3.05) is 26.2 Å². The summed E-state index contributed by atoms with van der Waals surface area (Å²) in [6.45, 7) is 4.19. The lowest BCUT2D eigenvalue weighted by Crippen LogP contribution is -2.47. The average Bonchev–Trinajstić information content (AvgIpc) is 3.22. The van der Waals surface area contributed by atoms with Crippen molar-refractivity contribution in [1.82, 2.24) is 10.2 Å². The Morgan fingerprint density at radius 3 is 2.39 bits per heavy atom. The number of benzene rings is 2. The molecule has 3 aliphatic rings. The summed E-state index contributed by atoms with van der Waals surface area (Å²) >= 11 is 6.11. The van der Waals surface area contributed by atoms with E-state index in [0.29, 0.717) is 5.41 Å². The minimum atomic E-state index is -0.379. The van der Waals surface area contributed by atoms with Crippen LogP contribution in [-0.4, -0.2) is 37.0 Å². The third kappa shape index (κ3) is 4.59. The molecular formula is C29H37ClN2O. The van der Waals surface area contributed by atoms with Gasteiger partial charge in [0.05, 0.1) is 5.41 Å². The first-order valence-corrected chi connectivity index (χ1v) is 13.3. The fourth-order valence-electron chi connectivity index (χ4n) is 6.73. The van der Waals surface area contributed by atoms with Gasteiger partial charge in [0.2, 0.25) is 5.91 Å². The van der Waals surface area contributed by atoms with Gasteiger partial charge >= 0.3 is 0 Å². The molecule has 1 saturated carbocycles. The Hall–Kier alpha value is -1.84. The largest absolute Gasteiger partial charge is 0.355 e. The van der Waals surface area contributed by atoms with Gasteiger partial charge in [-0.1, -0.05) is 67.3 Å². The van der Waals surface area contributed by atoms with Crippen LogP contribution in [0.1, 0.15) is 74.5 Å². The maximum absolute atomic E-state index is 13.4. The molecule has 2 aromatic carbocycles. The predicted molar refractivity (Wildman–Crippen MR) is 136 cm³/mol. The van der Waals surface area contributed by atoms with Gasteiger partial charge in [0.25, 0.3) is 0 Å². The molecule has 2 aliphatic carbocycles. The maximum Gasteiger partial charge on any atom is 0.230 e. The molecule has 1 saturated heterocycles. The molecule has 0 atom stereocenters. The number of carbonyl (C=O) groups excluding carboxylic acids is 1. The first-order valence-electron chi connectivity index (χ1n) is 13.0. The quantitative estimate of drug-likeness (QED) is 0.529. The van der Waals surface area contributed by atoms with Crippen LogP contribution in [-0.2, 0) is 22.0 Å². The summed E-state index contributed by atoms with van der Waals surface area (Å²) in [7, 11) is 0. The second kappa shape index (κ2) is 9.80. The van der Waals surface area contributed by atoms with E-state index in [0.717, 1.165) is 55.8 Å². The van der Waals surface area contributed by atoms with E-state index in [1.54, 1.807) is 11.1 Å². The molecule has 0 aromatic heterocycles. The van der Waals surface area contributed by atoms with Gasteiger partial charge in [0, 0.05) is 11.6 Å². The summed E-state index contributed by atoms with van der Waals surface area (Å²) in [6, 6.07) is 17.0. The van der Waals surface area contributed by atoms with Crippen molar-refractivity contribution in [3.8, 4) is 0 Å². The molecule has 3 nitrogen and oxygen atoms in total. The summed E-state index contributed by atoms with van der Waals surface area (Å²) in [4.78, 5) is 16.0. The van der Waals surface area contributed by atoms with E-state index < -0.39 is 0 Å². The lowest BCUT2D eigenvalue weighted by Gasteiger charge is -2.40. The molecule has 176 valence electrons. The van der Waals surface area contributed by atoms with Gasteiger partial charge in [-0.3, -0.25) is 4.79 Å². The highest BCUT2D eigenvalue weighted by atomic mass is 35.5. The maximum atomic E-state index is 13.4. The molecular weight excluding hydrogens is 428 g/mol. The van der Waals surface area contributed by atoms with Gasteiger partial charge in [0.1, 0.15) is 0 Å². The molecule has 0 radical (unpaired) electrons. The van der Waals surface area contributed by atoms with Gasteiger partial charge in [-0.05, 0) is 98.8 Å². The van der Waals surface area contributed by atoms with E-state index in [9.17, 15) is 4.79 Å².